The molecule has 0 saturated heterocycles. The summed E-state index contributed by atoms with van der Waals surface area (Å²) in [6.07, 6.45) is 0.715. The lowest BCUT2D eigenvalue weighted by atomic mass is 10.0. The van der Waals surface area contributed by atoms with E-state index in [0.717, 1.165) is 16.9 Å². The van der Waals surface area contributed by atoms with Gasteiger partial charge in [0.1, 0.15) is 25.2 Å². The SMILES string of the molecule is COc1cc(C=O)cc(Cl)c1OCCOc1cc(C)ccc1C(C)C. The molecule has 0 aliphatic rings. The van der Waals surface area contributed by atoms with Crippen LogP contribution >= 0.6 is 11.6 Å². The average Bonchev–Trinajstić information content (AvgIpc) is 2.58. The molecule has 134 valence electrons. The molecular weight excluding hydrogens is 340 g/mol. The van der Waals surface area contributed by atoms with Gasteiger partial charge in [0.15, 0.2) is 11.5 Å². The van der Waals surface area contributed by atoms with Crippen LogP contribution in [0.2, 0.25) is 5.02 Å². The molecule has 0 saturated carbocycles. The fourth-order valence-electron chi connectivity index (χ4n) is 2.49. The molecule has 0 aromatic heterocycles. The fraction of sp³-hybridized carbons (Fsp3) is 0.350. The molecular formula is C20H23ClO4. The quantitative estimate of drug-likeness (QED) is 0.487. The lowest BCUT2D eigenvalue weighted by Gasteiger charge is -2.16. The number of carbonyl (C=O) groups excluding carboxylic acids is 1. The van der Waals surface area contributed by atoms with Crippen LogP contribution in [0, 0.1) is 6.92 Å². The highest BCUT2D eigenvalue weighted by Gasteiger charge is 2.13. The molecule has 5 heteroatoms. The molecule has 4 nitrogen and oxygen atoms in total. The van der Waals surface area contributed by atoms with Crippen molar-refractivity contribution >= 4 is 17.9 Å². The van der Waals surface area contributed by atoms with Crippen LogP contribution in [0.3, 0.4) is 0 Å². The number of hydrogen-bond donors (Lipinski definition) is 0. The monoisotopic (exact) mass is 362 g/mol. The molecule has 0 N–H and O–H groups in total. The van der Waals surface area contributed by atoms with Crippen LogP contribution in [0.25, 0.3) is 0 Å². The summed E-state index contributed by atoms with van der Waals surface area (Å²) in [5, 5.41) is 0.333. The van der Waals surface area contributed by atoms with E-state index in [1.54, 1.807) is 12.1 Å². The van der Waals surface area contributed by atoms with Gasteiger partial charge >= 0.3 is 0 Å². The highest BCUT2D eigenvalue weighted by atomic mass is 35.5. The largest absolute Gasteiger partial charge is 0.493 e. The molecule has 0 radical (unpaired) electrons. The van der Waals surface area contributed by atoms with E-state index in [1.165, 1.54) is 7.11 Å². The topological polar surface area (TPSA) is 44.8 Å². The van der Waals surface area contributed by atoms with Crippen molar-refractivity contribution < 1.29 is 19.0 Å². The maximum absolute atomic E-state index is 10.9. The molecule has 0 unspecified atom stereocenters. The van der Waals surface area contributed by atoms with E-state index in [1.807, 2.05) is 13.0 Å². The molecule has 2 aromatic carbocycles. The number of hydrogen-bond acceptors (Lipinski definition) is 4. The van der Waals surface area contributed by atoms with Gasteiger partial charge < -0.3 is 14.2 Å². The molecule has 25 heavy (non-hydrogen) atoms. The normalized spacial score (nSPS) is 10.6. The zero-order valence-corrected chi connectivity index (χ0v) is 15.7. The maximum Gasteiger partial charge on any atom is 0.179 e. The zero-order chi connectivity index (χ0) is 18.4. The van der Waals surface area contributed by atoms with Gasteiger partial charge in [-0.25, -0.2) is 0 Å². The van der Waals surface area contributed by atoms with Crippen molar-refractivity contribution in [1.82, 2.24) is 0 Å². The Hall–Kier alpha value is -2.20. The second kappa shape index (κ2) is 8.77. The molecule has 0 bridgehead atoms. The van der Waals surface area contributed by atoms with Crippen molar-refractivity contribution in [1.29, 1.82) is 0 Å². The smallest absolute Gasteiger partial charge is 0.179 e. The number of rotatable bonds is 8. The molecule has 0 atom stereocenters. The minimum Gasteiger partial charge on any atom is -0.493 e. The van der Waals surface area contributed by atoms with Gasteiger partial charge in [0, 0.05) is 5.56 Å². The van der Waals surface area contributed by atoms with Crippen LogP contribution in [0.1, 0.15) is 41.3 Å². The van der Waals surface area contributed by atoms with Crippen molar-refractivity contribution in [3.63, 3.8) is 0 Å². The third-order valence-corrected chi connectivity index (χ3v) is 4.05. The van der Waals surface area contributed by atoms with Crippen LogP contribution in [0.15, 0.2) is 30.3 Å². The summed E-state index contributed by atoms with van der Waals surface area (Å²) in [6, 6.07) is 9.34. The number of methoxy groups -OCH3 is 1. The van der Waals surface area contributed by atoms with Gasteiger partial charge in [-0.05, 0) is 42.2 Å². The first-order valence-corrected chi connectivity index (χ1v) is 8.53. The van der Waals surface area contributed by atoms with Gasteiger partial charge in [-0.3, -0.25) is 4.79 Å². The Bertz CT molecular complexity index is 741. The summed E-state index contributed by atoms with van der Waals surface area (Å²) in [5.74, 6) is 2.08. The van der Waals surface area contributed by atoms with E-state index in [-0.39, 0.29) is 0 Å². The first-order valence-electron chi connectivity index (χ1n) is 8.15. The Morgan fingerprint density at radius 1 is 1.08 bits per heavy atom. The third kappa shape index (κ3) is 4.89. The lowest BCUT2D eigenvalue weighted by Crippen LogP contribution is -2.11. The summed E-state index contributed by atoms with van der Waals surface area (Å²) in [5.41, 5.74) is 2.75. The summed E-state index contributed by atoms with van der Waals surface area (Å²) >= 11 is 6.17. The van der Waals surface area contributed by atoms with Gasteiger partial charge in [-0.1, -0.05) is 37.6 Å². The van der Waals surface area contributed by atoms with Crippen LogP contribution < -0.4 is 14.2 Å². The molecule has 0 aliphatic carbocycles. The van der Waals surface area contributed by atoms with Crippen molar-refractivity contribution in [3.05, 3.63) is 52.0 Å². The molecule has 2 rings (SSSR count). The van der Waals surface area contributed by atoms with Crippen molar-refractivity contribution in [2.24, 2.45) is 0 Å². The average molecular weight is 363 g/mol. The zero-order valence-electron chi connectivity index (χ0n) is 15.0. The highest BCUT2D eigenvalue weighted by molar-refractivity contribution is 6.32. The predicted molar refractivity (Wildman–Crippen MR) is 99.6 cm³/mol. The van der Waals surface area contributed by atoms with Crippen LogP contribution in [0.5, 0.6) is 17.2 Å². The standard InChI is InChI=1S/C20H23ClO4/c1-13(2)16-6-5-14(3)9-18(16)24-7-8-25-20-17(21)10-15(12-22)11-19(20)23-4/h5-6,9-13H,7-8H2,1-4H3. The summed E-state index contributed by atoms with van der Waals surface area (Å²) in [6.45, 7) is 6.98. The summed E-state index contributed by atoms with van der Waals surface area (Å²) in [7, 11) is 1.51. The predicted octanol–water partition coefficient (Wildman–Crippen LogP) is 5.05. The molecule has 0 amide bonds. The fourth-order valence-corrected chi connectivity index (χ4v) is 2.76. The van der Waals surface area contributed by atoms with E-state index in [9.17, 15) is 4.79 Å². The van der Waals surface area contributed by atoms with Crippen molar-refractivity contribution in [2.45, 2.75) is 26.7 Å². The first-order chi connectivity index (χ1) is 12.0. The molecule has 2 aromatic rings. The van der Waals surface area contributed by atoms with Gasteiger partial charge in [-0.15, -0.1) is 0 Å². The Labute approximate surface area is 153 Å². The van der Waals surface area contributed by atoms with Gasteiger partial charge in [0.25, 0.3) is 0 Å². The Morgan fingerprint density at radius 2 is 1.80 bits per heavy atom. The lowest BCUT2D eigenvalue weighted by molar-refractivity contribution is 0.112. The second-order valence-corrected chi connectivity index (χ2v) is 6.45. The van der Waals surface area contributed by atoms with Crippen LogP contribution in [0.4, 0.5) is 0 Å². The highest BCUT2D eigenvalue weighted by Crippen LogP contribution is 2.36. The minimum absolute atomic E-state index is 0.308. The van der Waals surface area contributed by atoms with Crippen LogP contribution in [-0.4, -0.2) is 26.6 Å². The summed E-state index contributed by atoms with van der Waals surface area (Å²) < 4.78 is 16.8. The first kappa shape index (κ1) is 19.1. The number of carbonyl (C=O) groups is 1. The molecule has 0 fully saturated rings. The maximum atomic E-state index is 10.9. The number of ether oxygens (including phenoxy) is 3. The second-order valence-electron chi connectivity index (χ2n) is 6.04. The third-order valence-electron chi connectivity index (χ3n) is 3.77. The number of aldehydes is 1. The molecule has 0 spiro atoms. The van der Waals surface area contributed by atoms with E-state index in [0.29, 0.717) is 47.5 Å². The Kier molecular flexibility index (Phi) is 6.71. The Morgan fingerprint density at radius 3 is 2.44 bits per heavy atom. The van der Waals surface area contributed by atoms with E-state index < -0.39 is 0 Å². The van der Waals surface area contributed by atoms with Gasteiger partial charge in [-0.2, -0.15) is 0 Å². The van der Waals surface area contributed by atoms with Crippen LogP contribution in [-0.2, 0) is 0 Å². The van der Waals surface area contributed by atoms with Crippen molar-refractivity contribution in [2.75, 3.05) is 20.3 Å². The Balaban J connectivity index is 2.03. The van der Waals surface area contributed by atoms with Gasteiger partial charge in [0.2, 0.25) is 0 Å². The van der Waals surface area contributed by atoms with E-state index in [4.69, 9.17) is 25.8 Å². The van der Waals surface area contributed by atoms with E-state index >= 15 is 0 Å². The summed E-state index contributed by atoms with van der Waals surface area (Å²) in [4.78, 5) is 10.9. The minimum atomic E-state index is 0.308. The van der Waals surface area contributed by atoms with Crippen molar-refractivity contribution in [3.8, 4) is 17.2 Å². The number of aryl methyl sites for hydroxylation is 1. The molecule has 0 heterocycles. The van der Waals surface area contributed by atoms with E-state index in [2.05, 4.69) is 26.0 Å². The number of halogens is 1. The van der Waals surface area contributed by atoms with Gasteiger partial charge in [0.05, 0.1) is 12.1 Å². The number of benzene rings is 2. The molecule has 0 aliphatic heterocycles.